The van der Waals surface area contributed by atoms with E-state index in [1.165, 1.54) is 65.3 Å². The molecule has 0 fully saturated rings. The van der Waals surface area contributed by atoms with Crippen LogP contribution in [0.25, 0.3) is 104 Å². The van der Waals surface area contributed by atoms with Crippen LogP contribution in [0.1, 0.15) is 0 Å². The van der Waals surface area contributed by atoms with E-state index in [0.717, 1.165) is 38.4 Å². The van der Waals surface area contributed by atoms with E-state index < -0.39 is 0 Å². The van der Waals surface area contributed by atoms with Crippen LogP contribution in [-0.4, -0.2) is 8.97 Å². The summed E-state index contributed by atoms with van der Waals surface area (Å²) in [6.07, 6.45) is 0. The minimum absolute atomic E-state index is 0.0396. The first-order valence-electron chi connectivity index (χ1n) is 18.1. The maximum atomic E-state index is 13.6. The fraction of sp³-hybridized carbons (Fsp3) is 0.0200. The molecule has 53 heavy (non-hydrogen) atoms. The quantitative estimate of drug-likeness (QED) is 0.171. The Bertz CT molecular complexity index is 3330. The number of hydrogen-bond donors (Lipinski definition) is 0. The molecule has 0 radical (unpaired) electrons. The van der Waals surface area contributed by atoms with Gasteiger partial charge in [0.15, 0.2) is 0 Å². The second-order valence-corrected chi connectivity index (χ2v) is 14.2. The standard InChI is InChI=1S/C50H32N2O/c1-51-45-17-9-8-16-44(45)47-30-37-23-21-36(29-46(37)52(47)50(51)53)34-19-20-35-28-39(25-22-33(35)26-34)49-42-14-6-4-12-40(42)48(41-13-5-7-15-43(41)49)38-24-18-31-10-2-3-11-32(31)27-38/h2-30H,1H3. The van der Waals surface area contributed by atoms with Gasteiger partial charge in [0, 0.05) is 17.8 Å². The van der Waals surface area contributed by atoms with Gasteiger partial charge in [-0.15, -0.1) is 0 Å². The molecule has 0 aliphatic rings. The van der Waals surface area contributed by atoms with Gasteiger partial charge in [-0.25, -0.2) is 4.79 Å². The lowest BCUT2D eigenvalue weighted by atomic mass is 9.85. The third-order valence-electron chi connectivity index (χ3n) is 11.3. The highest BCUT2D eigenvalue weighted by atomic mass is 16.1. The summed E-state index contributed by atoms with van der Waals surface area (Å²) in [5, 5.41) is 12.0. The second kappa shape index (κ2) is 11.3. The molecule has 0 aliphatic heterocycles. The van der Waals surface area contributed by atoms with Crippen molar-refractivity contribution in [3.8, 4) is 33.4 Å². The highest BCUT2D eigenvalue weighted by molar-refractivity contribution is 6.22. The summed E-state index contributed by atoms with van der Waals surface area (Å²) in [5.74, 6) is 0. The third kappa shape index (κ3) is 4.44. The van der Waals surface area contributed by atoms with Crippen LogP contribution in [0, 0.1) is 0 Å². The van der Waals surface area contributed by atoms with Gasteiger partial charge in [-0.2, -0.15) is 0 Å². The minimum atomic E-state index is -0.0396. The van der Waals surface area contributed by atoms with Crippen molar-refractivity contribution < 1.29 is 0 Å². The van der Waals surface area contributed by atoms with Crippen LogP contribution in [0.2, 0.25) is 0 Å². The molecule has 0 saturated heterocycles. The second-order valence-electron chi connectivity index (χ2n) is 14.2. The molecule has 0 spiro atoms. The van der Waals surface area contributed by atoms with Crippen LogP contribution in [0.15, 0.2) is 181 Å². The van der Waals surface area contributed by atoms with Gasteiger partial charge in [-0.3, -0.25) is 8.97 Å². The minimum Gasteiger partial charge on any atom is -0.296 e. The van der Waals surface area contributed by atoms with Crippen LogP contribution >= 0.6 is 0 Å². The molecule has 0 atom stereocenters. The van der Waals surface area contributed by atoms with Gasteiger partial charge in [0.25, 0.3) is 0 Å². The van der Waals surface area contributed by atoms with Crippen molar-refractivity contribution in [2.75, 3.05) is 0 Å². The first-order chi connectivity index (χ1) is 26.1. The van der Waals surface area contributed by atoms with Crippen LogP contribution < -0.4 is 5.69 Å². The molecule has 0 N–H and O–H groups in total. The summed E-state index contributed by atoms with van der Waals surface area (Å²) in [7, 11) is 1.85. The van der Waals surface area contributed by atoms with Gasteiger partial charge in [-0.05, 0) is 113 Å². The van der Waals surface area contributed by atoms with Gasteiger partial charge in [0.05, 0.1) is 16.6 Å². The van der Waals surface area contributed by atoms with Crippen molar-refractivity contribution in [2.24, 2.45) is 7.05 Å². The van der Waals surface area contributed by atoms with E-state index >= 15 is 0 Å². The summed E-state index contributed by atoms with van der Waals surface area (Å²) in [6, 6.07) is 63.4. The smallest absolute Gasteiger partial charge is 0.296 e. The monoisotopic (exact) mass is 676 g/mol. The zero-order valence-electron chi connectivity index (χ0n) is 29.0. The normalized spacial score (nSPS) is 11.9. The molecule has 0 bridgehead atoms. The third-order valence-corrected chi connectivity index (χ3v) is 11.3. The Hall–Kier alpha value is -6.97. The van der Waals surface area contributed by atoms with Crippen LogP contribution in [0.5, 0.6) is 0 Å². The maximum absolute atomic E-state index is 13.6. The molecule has 0 saturated carbocycles. The van der Waals surface area contributed by atoms with Crippen molar-refractivity contribution in [1.82, 2.24) is 8.97 Å². The Balaban J connectivity index is 1.06. The summed E-state index contributed by atoms with van der Waals surface area (Å²) in [6.45, 7) is 0. The average Bonchev–Trinajstić information content (AvgIpc) is 3.61. The Labute approximate surface area is 305 Å². The lowest BCUT2D eigenvalue weighted by Gasteiger charge is -2.18. The van der Waals surface area contributed by atoms with E-state index in [2.05, 4.69) is 158 Å². The largest absolute Gasteiger partial charge is 0.333 e. The first-order valence-corrected chi connectivity index (χ1v) is 18.1. The van der Waals surface area contributed by atoms with Gasteiger partial charge in [-0.1, -0.05) is 140 Å². The van der Waals surface area contributed by atoms with E-state index in [4.69, 9.17) is 0 Å². The SMILES string of the molecule is Cn1c(=O)n2c3cc(-c4ccc5cc(-c6c7ccccc7c(-c7ccc8ccccc8c7)c7ccccc67)ccc5c4)ccc3cc2c2ccccc21. The topological polar surface area (TPSA) is 26.4 Å². The van der Waals surface area contributed by atoms with Crippen LogP contribution in [-0.2, 0) is 7.05 Å². The van der Waals surface area contributed by atoms with E-state index in [1.807, 2.05) is 29.6 Å². The van der Waals surface area contributed by atoms with Gasteiger partial charge in [0.1, 0.15) is 0 Å². The van der Waals surface area contributed by atoms with Crippen molar-refractivity contribution in [2.45, 2.75) is 0 Å². The summed E-state index contributed by atoms with van der Waals surface area (Å²) >= 11 is 0. The predicted molar refractivity (Wildman–Crippen MR) is 224 cm³/mol. The molecule has 0 amide bonds. The van der Waals surface area contributed by atoms with Crippen molar-refractivity contribution in [3.05, 3.63) is 186 Å². The number of aryl methyl sites for hydroxylation is 1. The summed E-state index contributed by atoms with van der Waals surface area (Å²) < 4.78 is 3.60. The van der Waals surface area contributed by atoms with Gasteiger partial charge in [0.2, 0.25) is 0 Å². The molecule has 11 aromatic rings. The van der Waals surface area contributed by atoms with Crippen LogP contribution in [0.4, 0.5) is 0 Å². The number of fused-ring (bicyclic) bond motifs is 9. The van der Waals surface area contributed by atoms with E-state index in [9.17, 15) is 4.79 Å². The highest BCUT2D eigenvalue weighted by Gasteiger charge is 2.18. The number of nitrogens with zero attached hydrogens (tertiary/aromatic N) is 2. The fourth-order valence-corrected chi connectivity index (χ4v) is 8.70. The number of aromatic nitrogens is 2. The first kappa shape index (κ1) is 29.7. The molecular formula is C50H32N2O. The average molecular weight is 677 g/mol. The lowest BCUT2D eigenvalue weighted by Crippen LogP contribution is -2.24. The zero-order valence-corrected chi connectivity index (χ0v) is 29.0. The van der Waals surface area contributed by atoms with Gasteiger partial charge < -0.3 is 0 Å². The van der Waals surface area contributed by atoms with E-state index in [-0.39, 0.29) is 5.69 Å². The van der Waals surface area contributed by atoms with Crippen LogP contribution in [0.3, 0.4) is 0 Å². The van der Waals surface area contributed by atoms with Crippen molar-refractivity contribution >= 4 is 70.4 Å². The number of rotatable bonds is 3. The zero-order chi connectivity index (χ0) is 35.2. The van der Waals surface area contributed by atoms with Crippen molar-refractivity contribution in [3.63, 3.8) is 0 Å². The number of hydrogen-bond acceptors (Lipinski definition) is 1. The highest BCUT2D eigenvalue weighted by Crippen LogP contribution is 2.44. The molecule has 2 aromatic heterocycles. The Kier molecular flexibility index (Phi) is 6.32. The molecule has 0 aliphatic carbocycles. The van der Waals surface area contributed by atoms with Crippen molar-refractivity contribution in [1.29, 1.82) is 0 Å². The Morgan fingerprint density at radius 2 is 0.774 bits per heavy atom. The van der Waals surface area contributed by atoms with Gasteiger partial charge >= 0.3 is 5.69 Å². The maximum Gasteiger partial charge on any atom is 0.333 e. The molecule has 0 unspecified atom stereocenters. The molecule has 3 nitrogen and oxygen atoms in total. The summed E-state index contributed by atoms with van der Waals surface area (Å²) in [5.41, 5.74) is 9.92. The summed E-state index contributed by atoms with van der Waals surface area (Å²) in [4.78, 5) is 13.6. The molecule has 9 aromatic carbocycles. The number of para-hydroxylation sites is 1. The number of benzene rings is 9. The molecule has 248 valence electrons. The Morgan fingerprint density at radius 3 is 1.40 bits per heavy atom. The molecule has 2 heterocycles. The fourth-order valence-electron chi connectivity index (χ4n) is 8.70. The van der Waals surface area contributed by atoms with E-state index in [0.29, 0.717) is 0 Å². The molecule has 3 heteroatoms. The lowest BCUT2D eigenvalue weighted by molar-refractivity contribution is 0.838. The Morgan fingerprint density at radius 1 is 0.340 bits per heavy atom. The molecule has 11 rings (SSSR count). The molecular weight excluding hydrogens is 645 g/mol. The predicted octanol–water partition coefficient (Wildman–Crippen LogP) is 12.6. The van der Waals surface area contributed by atoms with E-state index in [1.54, 1.807) is 4.57 Å².